The lowest BCUT2D eigenvalue weighted by Crippen LogP contribution is -2.46. The van der Waals surface area contributed by atoms with Gasteiger partial charge >= 0.3 is 6.36 Å². The van der Waals surface area contributed by atoms with Crippen molar-refractivity contribution in [2.45, 2.75) is 38.2 Å². The molecule has 178 valence electrons. The zero-order chi connectivity index (χ0) is 23.5. The first-order valence-electron chi connectivity index (χ1n) is 11.4. The number of alkyl halides is 3. The molecule has 0 aliphatic carbocycles. The molecule has 0 atom stereocenters. The van der Waals surface area contributed by atoms with E-state index < -0.39 is 6.36 Å². The molecule has 1 fully saturated rings. The number of para-hydroxylation sites is 2. The van der Waals surface area contributed by atoms with Gasteiger partial charge in [-0.15, -0.1) is 13.2 Å². The summed E-state index contributed by atoms with van der Waals surface area (Å²) >= 11 is 0. The van der Waals surface area contributed by atoms with E-state index in [2.05, 4.69) is 54.1 Å². The lowest BCUT2D eigenvalue weighted by molar-refractivity contribution is -0.274. The van der Waals surface area contributed by atoms with Crippen molar-refractivity contribution in [1.29, 1.82) is 0 Å². The number of hydrogen-bond donors (Lipinski definition) is 1. The number of anilines is 3. The molecule has 1 N–H and O–H groups in total. The van der Waals surface area contributed by atoms with Gasteiger partial charge in [-0.25, -0.2) is 9.97 Å². The van der Waals surface area contributed by atoms with Crippen molar-refractivity contribution in [3.63, 3.8) is 0 Å². The highest BCUT2D eigenvalue weighted by Crippen LogP contribution is 2.32. The van der Waals surface area contributed by atoms with E-state index in [4.69, 9.17) is 0 Å². The molecule has 1 aromatic heterocycles. The number of piperidine rings is 1. The van der Waals surface area contributed by atoms with Gasteiger partial charge in [0, 0.05) is 38.3 Å². The van der Waals surface area contributed by atoms with E-state index >= 15 is 0 Å². The summed E-state index contributed by atoms with van der Waals surface area (Å²) in [6.45, 7) is 3.82. The Balaban J connectivity index is 1.22. The van der Waals surface area contributed by atoms with Gasteiger partial charge in [0.1, 0.15) is 18.0 Å². The average Bonchev–Trinajstić information content (AvgIpc) is 2.84. The lowest BCUT2D eigenvalue weighted by Gasteiger charge is -2.41. The number of rotatable bonds is 5. The van der Waals surface area contributed by atoms with Crippen LogP contribution < -0.4 is 15.0 Å². The van der Waals surface area contributed by atoms with Crippen LogP contribution in [-0.2, 0) is 13.0 Å². The van der Waals surface area contributed by atoms with Crippen LogP contribution >= 0.6 is 0 Å². The number of hydrogen-bond acceptors (Lipinski definition) is 6. The molecule has 2 aliphatic heterocycles. The predicted molar refractivity (Wildman–Crippen MR) is 124 cm³/mol. The van der Waals surface area contributed by atoms with Crippen molar-refractivity contribution < 1.29 is 17.9 Å². The minimum Gasteiger partial charge on any atom is -0.404 e. The Kier molecular flexibility index (Phi) is 6.28. The van der Waals surface area contributed by atoms with Crippen LogP contribution in [0.4, 0.5) is 30.5 Å². The van der Waals surface area contributed by atoms with Crippen molar-refractivity contribution in [3.8, 4) is 5.75 Å². The van der Waals surface area contributed by atoms with E-state index in [-0.39, 0.29) is 11.4 Å². The summed E-state index contributed by atoms with van der Waals surface area (Å²) < 4.78 is 42.3. The van der Waals surface area contributed by atoms with Crippen molar-refractivity contribution in [2.75, 3.05) is 29.9 Å². The fraction of sp³-hybridized carbons (Fsp3) is 0.360. The molecule has 3 aromatic rings. The number of nitrogens with one attached hydrogen (secondary N) is 1. The van der Waals surface area contributed by atoms with Gasteiger partial charge in [0.25, 0.3) is 0 Å². The van der Waals surface area contributed by atoms with E-state index in [0.717, 1.165) is 51.3 Å². The van der Waals surface area contributed by atoms with Crippen LogP contribution in [0.15, 0.2) is 60.9 Å². The van der Waals surface area contributed by atoms with Gasteiger partial charge < -0.3 is 15.0 Å². The largest absolute Gasteiger partial charge is 0.573 e. The molecule has 34 heavy (non-hydrogen) atoms. The third-order valence-corrected chi connectivity index (χ3v) is 6.49. The maximum atomic E-state index is 12.7. The van der Waals surface area contributed by atoms with E-state index in [1.54, 1.807) is 12.1 Å². The monoisotopic (exact) mass is 469 g/mol. The summed E-state index contributed by atoms with van der Waals surface area (Å²) in [5, 5.41) is 2.93. The van der Waals surface area contributed by atoms with E-state index in [0.29, 0.717) is 11.9 Å². The quantitative estimate of drug-likeness (QED) is 0.558. The molecule has 0 radical (unpaired) electrons. The van der Waals surface area contributed by atoms with Gasteiger partial charge in [-0.2, -0.15) is 0 Å². The fourth-order valence-electron chi connectivity index (χ4n) is 4.80. The van der Waals surface area contributed by atoms with Crippen LogP contribution in [0.3, 0.4) is 0 Å². The molecule has 0 unspecified atom stereocenters. The number of benzene rings is 2. The molecule has 0 spiro atoms. The van der Waals surface area contributed by atoms with Gasteiger partial charge in [0.05, 0.1) is 5.69 Å². The Morgan fingerprint density at radius 3 is 2.44 bits per heavy atom. The molecule has 6 nitrogen and oxygen atoms in total. The average molecular weight is 470 g/mol. The Morgan fingerprint density at radius 1 is 0.912 bits per heavy atom. The summed E-state index contributed by atoms with van der Waals surface area (Å²) in [5.74, 6) is 0.867. The third kappa shape index (κ3) is 5.25. The van der Waals surface area contributed by atoms with Crippen LogP contribution in [0, 0.1) is 0 Å². The van der Waals surface area contributed by atoms with Gasteiger partial charge in [0.2, 0.25) is 0 Å². The standard InChI is InChI=1S/C25H26F3N5O/c26-25(27,28)34-22-8-4-3-7-21(22)31-23-15-24(30-17-29-23)32-13-10-20(11-14-32)33-12-9-18-5-1-2-6-19(18)16-33/h1-8,15,17,20H,9-14,16H2,(H,29,30,31). The second-order valence-electron chi connectivity index (χ2n) is 8.64. The molecular formula is C25H26F3N5O. The highest BCUT2D eigenvalue weighted by Gasteiger charge is 2.32. The summed E-state index contributed by atoms with van der Waals surface area (Å²) in [5.41, 5.74) is 3.07. The van der Waals surface area contributed by atoms with E-state index in [1.807, 2.05) is 0 Å². The van der Waals surface area contributed by atoms with Gasteiger partial charge in [0.15, 0.2) is 5.75 Å². The summed E-state index contributed by atoms with van der Waals surface area (Å²) in [6, 6.07) is 16.9. The fourth-order valence-corrected chi connectivity index (χ4v) is 4.80. The molecule has 9 heteroatoms. The zero-order valence-corrected chi connectivity index (χ0v) is 18.6. The number of fused-ring (bicyclic) bond motifs is 1. The number of aromatic nitrogens is 2. The molecule has 1 saturated heterocycles. The molecular weight excluding hydrogens is 443 g/mol. The summed E-state index contributed by atoms with van der Waals surface area (Å²) in [6.07, 6.45) is -0.167. The Morgan fingerprint density at radius 2 is 1.65 bits per heavy atom. The minimum absolute atomic E-state index is 0.188. The third-order valence-electron chi connectivity index (χ3n) is 6.49. The molecule has 2 aromatic carbocycles. The first-order chi connectivity index (χ1) is 16.4. The van der Waals surface area contributed by atoms with Crippen molar-refractivity contribution in [1.82, 2.24) is 14.9 Å². The van der Waals surface area contributed by atoms with Gasteiger partial charge in [-0.1, -0.05) is 36.4 Å². The van der Waals surface area contributed by atoms with Crippen molar-refractivity contribution in [3.05, 3.63) is 72.1 Å². The Labute approximate surface area is 196 Å². The highest BCUT2D eigenvalue weighted by atomic mass is 19.4. The topological polar surface area (TPSA) is 53.5 Å². The molecule has 3 heterocycles. The lowest BCUT2D eigenvalue weighted by atomic mass is 9.95. The molecule has 0 amide bonds. The number of nitrogens with zero attached hydrogens (tertiary/aromatic N) is 4. The van der Waals surface area contributed by atoms with Crippen LogP contribution in [0.25, 0.3) is 0 Å². The van der Waals surface area contributed by atoms with Crippen LogP contribution in [0.2, 0.25) is 0 Å². The van der Waals surface area contributed by atoms with Crippen LogP contribution in [-0.4, -0.2) is 46.9 Å². The smallest absolute Gasteiger partial charge is 0.404 e. The van der Waals surface area contributed by atoms with Gasteiger partial charge in [-0.05, 0) is 42.5 Å². The maximum Gasteiger partial charge on any atom is 0.573 e. The first-order valence-corrected chi connectivity index (χ1v) is 11.4. The van der Waals surface area contributed by atoms with E-state index in [9.17, 15) is 13.2 Å². The Bertz CT molecular complexity index is 1130. The van der Waals surface area contributed by atoms with Crippen molar-refractivity contribution in [2.24, 2.45) is 0 Å². The highest BCUT2D eigenvalue weighted by molar-refractivity contribution is 5.65. The van der Waals surface area contributed by atoms with Crippen molar-refractivity contribution >= 4 is 17.3 Å². The molecule has 0 bridgehead atoms. The SMILES string of the molecule is FC(F)(F)Oc1ccccc1Nc1cc(N2CCC(N3CCc4ccccc4C3)CC2)ncn1. The van der Waals surface area contributed by atoms with Crippen LogP contribution in [0.1, 0.15) is 24.0 Å². The second-order valence-corrected chi connectivity index (χ2v) is 8.64. The predicted octanol–water partition coefficient (Wildman–Crippen LogP) is 5.15. The zero-order valence-electron chi connectivity index (χ0n) is 18.6. The van der Waals surface area contributed by atoms with Crippen LogP contribution in [0.5, 0.6) is 5.75 Å². The molecule has 0 saturated carbocycles. The first kappa shape index (κ1) is 22.5. The molecule has 5 rings (SSSR count). The normalized spacial score (nSPS) is 17.3. The number of ether oxygens (including phenoxy) is 1. The van der Waals surface area contributed by atoms with Gasteiger partial charge in [-0.3, -0.25) is 4.90 Å². The molecule has 2 aliphatic rings. The maximum absolute atomic E-state index is 12.7. The second kappa shape index (κ2) is 9.50. The minimum atomic E-state index is -4.77. The summed E-state index contributed by atoms with van der Waals surface area (Å²) in [7, 11) is 0. The summed E-state index contributed by atoms with van der Waals surface area (Å²) in [4.78, 5) is 13.4. The number of halogens is 3. The Hall–Kier alpha value is -3.33. The van der Waals surface area contributed by atoms with E-state index in [1.165, 1.54) is 35.7 Å².